The SMILES string of the molecule is Cc1nn(CCCN2CCCC2)c2cccc(-c3cccc(COc4cc(OCc5cncc(C#N)c5)c(CNC(C)CO)cc4Cl)c3Br)c12. The molecule has 3 aromatic carbocycles. The van der Waals surface area contributed by atoms with Gasteiger partial charge in [-0.2, -0.15) is 10.4 Å². The fourth-order valence-electron chi connectivity index (χ4n) is 6.42. The molecule has 9 nitrogen and oxygen atoms in total. The van der Waals surface area contributed by atoms with Crippen molar-refractivity contribution >= 4 is 38.4 Å². The summed E-state index contributed by atoms with van der Waals surface area (Å²) in [4.78, 5) is 6.69. The van der Waals surface area contributed by atoms with Crippen molar-refractivity contribution in [1.82, 2.24) is 25.0 Å². The van der Waals surface area contributed by atoms with Crippen LogP contribution in [-0.4, -0.2) is 57.1 Å². The van der Waals surface area contributed by atoms with Gasteiger partial charge in [-0.25, -0.2) is 0 Å². The number of aromatic nitrogens is 3. The van der Waals surface area contributed by atoms with Crippen LogP contribution in [-0.2, 0) is 26.3 Å². The second kappa shape index (κ2) is 16.8. The van der Waals surface area contributed by atoms with Crippen LogP contribution in [0.2, 0.25) is 5.02 Å². The molecule has 0 spiro atoms. The summed E-state index contributed by atoms with van der Waals surface area (Å²) in [5.41, 5.74) is 7.37. The van der Waals surface area contributed by atoms with Crippen LogP contribution in [0.15, 0.2) is 71.5 Å². The van der Waals surface area contributed by atoms with Gasteiger partial charge in [-0.1, -0.05) is 41.9 Å². The number of benzene rings is 3. The van der Waals surface area contributed by atoms with E-state index in [-0.39, 0.29) is 25.9 Å². The molecule has 0 bridgehead atoms. The predicted molar refractivity (Wildman–Crippen MR) is 200 cm³/mol. The van der Waals surface area contributed by atoms with Gasteiger partial charge in [-0.3, -0.25) is 9.67 Å². The Morgan fingerprint density at radius 3 is 2.58 bits per heavy atom. The van der Waals surface area contributed by atoms with Gasteiger partial charge in [0.05, 0.1) is 28.4 Å². The Bertz CT molecular complexity index is 1990. The van der Waals surface area contributed by atoms with Crippen molar-refractivity contribution in [2.75, 3.05) is 26.2 Å². The van der Waals surface area contributed by atoms with E-state index in [9.17, 15) is 10.4 Å². The van der Waals surface area contributed by atoms with Gasteiger partial charge in [-0.05, 0) is 98.0 Å². The zero-order chi connectivity index (χ0) is 35.0. The summed E-state index contributed by atoms with van der Waals surface area (Å²) in [6, 6.07) is 20.0. The molecule has 260 valence electrons. The average molecular weight is 758 g/mol. The van der Waals surface area contributed by atoms with Crippen LogP contribution in [0.4, 0.5) is 0 Å². The number of hydrogen-bond donors (Lipinski definition) is 2. The predicted octanol–water partition coefficient (Wildman–Crippen LogP) is 7.81. The first-order valence-corrected chi connectivity index (χ1v) is 18.2. The van der Waals surface area contributed by atoms with E-state index in [1.54, 1.807) is 18.3 Å². The largest absolute Gasteiger partial charge is 0.488 e. The number of likely N-dealkylation sites (tertiary alicyclic amines) is 1. The van der Waals surface area contributed by atoms with E-state index in [0.29, 0.717) is 28.6 Å². The lowest BCUT2D eigenvalue weighted by Crippen LogP contribution is -2.28. The highest BCUT2D eigenvalue weighted by molar-refractivity contribution is 9.10. The molecule has 1 saturated heterocycles. The Morgan fingerprint density at radius 2 is 1.78 bits per heavy atom. The molecule has 0 aliphatic carbocycles. The summed E-state index contributed by atoms with van der Waals surface area (Å²) in [5.74, 6) is 1.06. The van der Waals surface area contributed by atoms with Crippen LogP contribution in [0, 0.1) is 18.3 Å². The number of nitriles is 1. The lowest BCUT2D eigenvalue weighted by atomic mass is 9.98. The minimum Gasteiger partial charge on any atom is -0.488 e. The lowest BCUT2D eigenvalue weighted by molar-refractivity contribution is 0.249. The van der Waals surface area contributed by atoms with Gasteiger partial charge in [0.25, 0.3) is 0 Å². The second-order valence-electron chi connectivity index (χ2n) is 12.8. The van der Waals surface area contributed by atoms with E-state index in [0.717, 1.165) is 68.4 Å². The molecule has 50 heavy (non-hydrogen) atoms. The zero-order valence-electron chi connectivity index (χ0n) is 28.5. The first-order valence-electron chi connectivity index (χ1n) is 17.1. The highest BCUT2D eigenvalue weighted by atomic mass is 79.9. The molecule has 11 heteroatoms. The molecule has 1 unspecified atom stereocenters. The summed E-state index contributed by atoms with van der Waals surface area (Å²) in [5, 5.41) is 28.7. The van der Waals surface area contributed by atoms with Crippen LogP contribution in [0.3, 0.4) is 0 Å². The van der Waals surface area contributed by atoms with Gasteiger partial charge in [-0.15, -0.1) is 0 Å². The number of halogens is 2. The number of fused-ring (bicyclic) bond motifs is 1. The molecule has 3 heterocycles. The summed E-state index contributed by atoms with van der Waals surface area (Å²) in [6.45, 7) is 9.33. The van der Waals surface area contributed by atoms with Gasteiger partial charge in [0.1, 0.15) is 30.8 Å². The van der Waals surface area contributed by atoms with Gasteiger partial charge < -0.3 is 24.8 Å². The fourth-order valence-corrected chi connectivity index (χ4v) is 7.25. The monoisotopic (exact) mass is 756 g/mol. The Balaban J connectivity index is 1.22. The lowest BCUT2D eigenvalue weighted by Gasteiger charge is -2.18. The summed E-state index contributed by atoms with van der Waals surface area (Å²) < 4.78 is 15.7. The van der Waals surface area contributed by atoms with Gasteiger partial charge in [0, 0.05) is 64.1 Å². The standard InChI is InChI=1S/C39H42BrClN6O3/c1-26(23-48)44-22-31-17-34(41)37(18-36(31)49-24-29-16-28(19-42)20-43-21-29)50-25-30-8-5-10-33(39(30)40)32-9-6-11-35-38(32)27(2)45-47(35)15-7-14-46-12-3-4-13-46/h5-6,8-11,16-18,20-21,26,44,48H,3-4,7,12-15,22-25H2,1-2H3. The van der Waals surface area contributed by atoms with Crippen molar-refractivity contribution in [2.45, 2.75) is 65.5 Å². The first kappa shape index (κ1) is 35.8. The van der Waals surface area contributed by atoms with E-state index in [1.807, 2.05) is 25.1 Å². The maximum atomic E-state index is 9.52. The van der Waals surface area contributed by atoms with Crippen LogP contribution in [0.1, 0.15) is 54.1 Å². The third kappa shape index (κ3) is 8.48. The number of rotatable bonds is 15. The molecular weight excluding hydrogens is 716 g/mol. The van der Waals surface area contributed by atoms with Crippen LogP contribution < -0.4 is 14.8 Å². The Hall–Kier alpha value is -3.98. The van der Waals surface area contributed by atoms with Crippen molar-refractivity contribution in [3.05, 3.63) is 104 Å². The third-order valence-corrected chi connectivity index (χ3v) is 10.3. The molecule has 1 atom stereocenters. The number of hydrogen-bond acceptors (Lipinski definition) is 8. The third-order valence-electron chi connectivity index (χ3n) is 9.10. The van der Waals surface area contributed by atoms with Crippen molar-refractivity contribution in [3.63, 3.8) is 0 Å². The van der Waals surface area contributed by atoms with E-state index >= 15 is 0 Å². The highest BCUT2D eigenvalue weighted by Gasteiger charge is 2.18. The fraction of sp³-hybridized carbons (Fsp3) is 0.359. The zero-order valence-corrected chi connectivity index (χ0v) is 30.8. The number of nitrogens with zero attached hydrogens (tertiary/aromatic N) is 5. The van der Waals surface area contributed by atoms with Crippen molar-refractivity contribution in [2.24, 2.45) is 0 Å². The number of aryl methyl sites for hydroxylation is 2. The smallest absolute Gasteiger partial charge is 0.142 e. The quantitative estimate of drug-likeness (QED) is 0.111. The van der Waals surface area contributed by atoms with E-state index in [2.05, 4.69) is 73.1 Å². The Morgan fingerprint density at radius 1 is 1.00 bits per heavy atom. The molecular formula is C39H42BrClN6O3. The number of nitrogens with one attached hydrogen (secondary N) is 1. The highest BCUT2D eigenvalue weighted by Crippen LogP contribution is 2.39. The Labute approximate surface area is 306 Å². The molecule has 2 N–H and O–H groups in total. The summed E-state index contributed by atoms with van der Waals surface area (Å²) >= 11 is 10.7. The molecule has 2 aromatic heterocycles. The normalized spacial score (nSPS) is 13.8. The molecule has 6 rings (SSSR count). The number of aliphatic hydroxyl groups is 1. The van der Waals surface area contributed by atoms with Crippen LogP contribution in [0.25, 0.3) is 22.0 Å². The molecule has 0 amide bonds. The number of ether oxygens (including phenoxy) is 2. The van der Waals surface area contributed by atoms with Crippen molar-refractivity contribution < 1.29 is 14.6 Å². The van der Waals surface area contributed by atoms with E-state index < -0.39 is 0 Å². The molecule has 1 fully saturated rings. The summed E-state index contributed by atoms with van der Waals surface area (Å²) in [6.07, 6.45) is 6.89. The molecule has 5 aromatic rings. The minimum atomic E-state index is -0.109. The minimum absolute atomic E-state index is 0.000941. The number of aliphatic hydroxyl groups excluding tert-OH is 1. The molecule has 1 aliphatic rings. The van der Waals surface area contributed by atoms with Gasteiger partial charge in [0.2, 0.25) is 0 Å². The van der Waals surface area contributed by atoms with Crippen LogP contribution >= 0.6 is 27.5 Å². The van der Waals surface area contributed by atoms with Crippen molar-refractivity contribution in [3.8, 4) is 28.7 Å². The average Bonchev–Trinajstić information content (AvgIpc) is 3.77. The van der Waals surface area contributed by atoms with E-state index in [4.69, 9.17) is 26.2 Å². The van der Waals surface area contributed by atoms with Crippen LogP contribution in [0.5, 0.6) is 11.5 Å². The van der Waals surface area contributed by atoms with E-state index in [1.165, 1.54) is 32.1 Å². The maximum absolute atomic E-state index is 9.52. The number of pyridine rings is 1. The Kier molecular flexibility index (Phi) is 12.1. The molecule has 1 aliphatic heterocycles. The van der Waals surface area contributed by atoms with Gasteiger partial charge >= 0.3 is 0 Å². The van der Waals surface area contributed by atoms with Crippen molar-refractivity contribution in [1.29, 1.82) is 5.26 Å². The molecule has 0 saturated carbocycles. The topological polar surface area (TPSA) is 108 Å². The summed E-state index contributed by atoms with van der Waals surface area (Å²) in [7, 11) is 0. The maximum Gasteiger partial charge on any atom is 0.142 e. The molecule has 0 radical (unpaired) electrons. The first-order chi connectivity index (χ1) is 24.3. The second-order valence-corrected chi connectivity index (χ2v) is 14.0. The van der Waals surface area contributed by atoms with Gasteiger partial charge in [0.15, 0.2) is 0 Å².